The molecule has 2 unspecified atom stereocenters. The largest absolute Gasteiger partial charge is 0.366 e. The Labute approximate surface area is 176 Å². The molecule has 2 atom stereocenters. The van der Waals surface area contributed by atoms with Gasteiger partial charge in [0.1, 0.15) is 12.1 Å². The van der Waals surface area contributed by atoms with E-state index in [0.717, 1.165) is 16.9 Å². The molecule has 1 aromatic rings. The van der Waals surface area contributed by atoms with Crippen molar-refractivity contribution in [1.29, 1.82) is 0 Å². The molecule has 5 amide bonds. The molecule has 1 saturated heterocycles. The molecule has 1 heterocycles. The van der Waals surface area contributed by atoms with E-state index in [-0.39, 0.29) is 30.3 Å². The molecular formula is C22H30N4O4. The van der Waals surface area contributed by atoms with Crippen LogP contribution in [0.15, 0.2) is 24.3 Å². The third kappa shape index (κ3) is 4.32. The zero-order valence-corrected chi connectivity index (χ0v) is 18.0. The smallest absolute Gasteiger partial charge is 0.325 e. The third-order valence-electron chi connectivity index (χ3n) is 5.97. The van der Waals surface area contributed by atoms with E-state index in [1.807, 2.05) is 0 Å². The molecule has 2 fully saturated rings. The zero-order chi connectivity index (χ0) is 22.3. The lowest BCUT2D eigenvalue weighted by molar-refractivity contribution is -0.140. The van der Waals surface area contributed by atoms with Crippen LogP contribution in [0.3, 0.4) is 0 Å². The van der Waals surface area contributed by atoms with Gasteiger partial charge in [-0.1, -0.05) is 32.9 Å². The number of primary amides is 1. The van der Waals surface area contributed by atoms with Crippen molar-refractivity contribution in [3.63, 3.8) is 0 Å². The number of hydrogen-bond donors (Lipinski definition) is 2. The molecule has 30 heavy (non-hydrogen) atoms. The lowest BCUT2D eigenvalue weighted by Gasteiger charge is -2.43. The van der Waals surface area contributed by atoms with Gasteiger partial charge in [0.25, 0.3) is 5.91 Å². The van der Waals surface area contributed by atoms with Crippen LogP contribution >= 0.6 is 0 Å². The Morgan fingerprint density at radius 2 is 1.97 bits per heavy atom. The van der Waals surface area contributed by atoms with E-state index in [9.17, 15) is 19.2 Å². The van der Waals surface area contributed by atoms with Gasteiger partial charge in [-0.3, -0.25) is 19.3 Å². The Kier molecular flexibility index (Phi) is 5.62. The first-order valence-electron chi connectivity index (χ1n) is 10.2. The number of carbonyl (C=O) groups is 4. The zero-order valence-electron chi connectivity index (χ0n) is 18.0. The van der Waals surface area contributed by atoms with Crippen LogP contribution in [-0.2, 0) is 16.1 Å². The second-order valence-corrected chi connectivity index (χ2v) is 9.57. The van der Waals surface area contributed by atoms with Crippen LogP contribution in [0.2, 0.25) is 0 Å². The summed E-state index contributed by atoms with van der Waals surface area (Å²) in [6, 6.07) is 6.20. The number of hydrogen-bond acceptors (Lipinski definition) is 4. The quantitative estimate of drug-likeness (QED) is 0.716. The first-order valence-corrected chi connectivity index (χ1v) is 10.2. The van der Waals surface area contributed by atoms with Gasteiger partial charge >= 0.3 is 6.03 Å². The van der Waals surface area contributed by atoms with Gasteiger partial charge in [-0.25, -0.2) is 4.79 Å². The molecular weight excluding hydrogens is 384 g/mol. The molecule has 1 aliphatic heterocycles. The summed E-state index contributed by atoms with van der Waals surface area (Å²) in [5, 5.41) is 2.88. The van der Waals surface area contributed by atoms with E-state index >= 15 is 0 Å². The molecule has 8 nitrogen and oxygen atoms in total. The average molecular weight is 415 g/mol. The second kappa shape index (κ2) is 7.74. The van der Waals surface area contributed by atoms with Crippen molar-refractivity contribution in [2.24, 2.45) is 17.1 Å². The van der Waals surface area contributed by atoms with Crippen LogP contribution in [0.1, 0.15) is 56.0 Å². The SMILES string of the molecule is CC1CC(C)(C)CC2(C1)NC(=O)N(CC(=O)N(C)Cc1cccc(C(N)=O)c1)C2=O. The van der Waals surface area contributed by atoms with E-state index in [4.69, 9.17) is 5.73 Å². The Morgan fingerprint density at radius 1 is 1.27 bits per heavy atom. The molecule has 3 rings (SSSR count). The highest BCUT2D eigenvalue weighted by atomic mass is 16.2. The Morgan fingerprint density at radius 3 is 2.60 bits per heavy atom. The number of rotatable bonds is 5. The van der Waals surface area contributed by atoms with Crippen LogP contribution in [0.4, 0.5) is 4.79 Å². The summed E-state index contributed by atoms with van der Waals surface area (Å²) in [6.07, 6.45) is 2.14. The number of likely N-dealkylation sites (N-methyl/N-ethyl adjacent to an activating group) is 1. The van der Waals surface area contributed by atoms with Crippen LogP contribution in [0.5, 0.6) is 0 Å². The van der Waals surface area contributed by atoms with E-state index in [1.165, 1.54) is 4.90 Å². The summed E-state index contributed by atoms with van der Waals surface area (Å²) in [4.78, 5) is 52.3. The summed E-state index contributed by atoms with van der Waals surface area (Å²) in [7, 11) is 1.60. The molecule has 0 bridgehead atoms. The van der Waals surface area contributed by atoms with Crippen molar-refractivity contribution in [1.82, 2.24) is 15.1 Å². The highest BCUT2D eigenvalue weighted by molar-refractivity contribution is 6.09. The van der Waals surface area contributed by atoms with Gasteiger partial charge in [0.15, 0.2) is 0 Å². The van der Waals surface area contributed by atoms with Crippen molar-refractivity contribution < 1.29 is 19.2 Å². The first kappa shape index (κ1) is 21.8. The highest BCUT2D eigenvalue weighted by Gasteiger charge is 2.56. The number of amides is 5. The fourth-order valence-electron chi connectivity index (χ4n) is 5.09. The lowest BCUT2D eigenvalue weighted by Crippen LogP contribution is -2.54. The highest BCUT2D eigenvalue weighted by Crippen LogP contribution is 2.46. The number of carbonyl (C=O) groups excluding carboxylic acids is 4. The number of imide groups is 1. The van der Waals surface area contributed by atoms with Crippen molar-refractivity contribution >= 4 is 23.8 Å². The number of urea groups is 1. The summed E-state index contributed by atoms with van der Waals surface area (Å²) < 4.78 is 0. The Balaban J connectivity index is 1.69. The minimum absolute atomic E-state index is 0.0666. The maximum Gasteiger partial charge on any atom is 0.325 e. The van der Waals surface area contributed by atoms with Gasteiger partial charge in [-0.05, 0) is 48.3 Å². The first-order chi connectivity index (χ1) is 13.9. The normalized spacial score (nSPS) is 25.3. The molecule has 1 saturated carbocycles. The molecule has 2 aliphatic rings. The lowest BCUT2D eigenvalue weighted by atomic mass is 9.64. The standard InChI is InChI=1S/C22H30N4O4/c1-14-9-21(2,3)13-22(10-14)19(29)26(20(30)24-22)12-17(27)25(4)11-15-6-5-7-16(8-15)18(23)28/h5-8,14H,9-13H2,1-4H3,(H2,23,28)(H,24,30). The fraction of sp³-hybridized carbons (Fsp3) is 0.545. The average Bonchev–Trinajstić information content (AvgIpc) is 2.83. The summed E-state index contributed by atoms with van der Waals surface area (Å²) in [6.45, 7) is 6.22. The van der Waals surface area contributed by atoms with Crippen LogP contribution in [0.25, 0.3) is 0 Å². The molecule has 1 spiro atoms. The second-order valence-electron chi connectivity index (χ2n) is 9.57. The van der Waals surface area contributed by atoms with Crippen molar-refractivity contribution in [3.8, 4) is 0 Å². The monoisotopic (exact) mass is 414 g/mol. The Bertz CT molecular complexity index is 897. The summed E-state index contributed by atoms with van der Waals surface area (Å²) >= 11 is 0. The predicted octanol–water partition coefficient (Wildman–Crippen LogP) is 1.88. The molecule has 0 radical (unpaired) electrons. The van der Waals surface area contributed by atoms with Crippen molar-refractivity contribution in [2.75, 3.05) is 13.6 Å². The molecule has 0 aromatic heterocycles. The maximum absolute atomic E-state index is 13.2. The summed E-state index contributed by atoms with van der Waals surface area (Å²) in [5.41, 5.74) is 5.41. The van der Waals surface area contributed by atoms with Gasteiger partial charge in [-0.2, -0.15) is 0 Å². The number of nitrogens with one attached hydrogen (secondary N) is 1. The topological polar surface area (TPSA) is 113 Å². The van der Waals surface area contributed by atoms with E-state index < -0.39 is 17.5 Å². The van der Waals surface area contributed by atoms with E-state index in [2.05, 4.69) is 26.1 Å². The molecule has 1 aromatic carbocycles. The van der Waals surface area contributed by atoms with Crippen LogP contribution < -0.4 is 11.1 Å². The number of nitrogens with two attached hydrogens (primary N) is 1. The van der Waals surface area contributed by atoms with E-state index in [1.54, 1.807) is 31.3 Å². The number of nitrogens with zero attached hydrogens (tertiary/aromatic N) is 2. The van der Waals surface area contributed by atoms with Crippen LogP contribution in [0, 0.1) is 11.3 Å². The van der Waals surface area contributed by atoms with Gasteiger partial charge in [0, 0.05) is 19.2 Å². The minimum atomic E-state index is -0.924. The molecule has 162 valence electrons. The number of benzene rings is 1. The van der Waals surface area contributed by atoms with E-state index in [0.29, 0.717) is 24.3 Å². The van der Waals surface area contributed by atoms with Gasteiger partial charge in [-0.15, -0.1) is 0 Å². The van der Waals surface area contributed by atoms with Crippen molar-refractivity contribution in [3.05, 3.63) is 35.4 Å². The summed E-state index contributed by atoms with van der Waals surface area (Å²) in [5.74, 6) is -0.915. The van der Waals surface area contributed by atoms with Gasteiger partial charge in [0.2, 0.25) is 11.8 Å². The third-order valence-corrected chi connectivity index (χ3v) is 5.97. The predicted molar refractivity (Wildman–Crippen MR) is 111 cm³/mol. The Hall–Kier alpha value is -2.90. The van der Waals surface area contributed by atoms with Crippen LogP contribution in [-0.4, -0.2) is 52.7 Å². The fourth-order valence-corrected chi connectivity index (χ4v) is 5.09. The van der Waals surface area contributed by atoms with Crippen molar-refractivity contribution in [2.45, 2.75) is 52.1 Å². The molecule has 8 heteroatoms. The van der Waals surface area contributed by atoms with Gasteiger partial charge in [0.05, 0.1) is 0 Å². The molecule has 1 aliphatic carbocycles. The van der Waals surface area contributed by atoms with Gasteiger partial charge < -0.3 is 16.0 Å². The maximum atomic E-state index is 13.2. The molecule has 3 N–H and O–H groups in total. The minimum Gasteiger partial charge on any atom is -0.366 e.